The van der Waals surface area contributed by atoms with Crippen LogP contribution in [0.15, 0.2) is 0 Å². The zero-order chi connectivity index (χ0) is 53.4. The fourth-order valence-electron chi connectivity index (χ4n) is 10.9. The number of rotatable bonds is 4. The molecule has 6 N–H and O–H groups in total. The molecule has 5 heteroatoms. The largest absolute Gasteiger partial charge is 0.398 e. The molecular weight excluding hydrogens is 856 g/mol. The first-order chi connectivity index (χ1) is 32.3. The lowest BCUT2D eigenvalue weighted by molar-refractivity contribution is 0.605. The average molecular weight is 943 g/mol. The summed E-state index contributed by atoms with van der Waals surface area (Å²) in [6, 6.07) is 0. The van der Waals surface area contributed by atoms with Gasteiger partial charge in [-0.1, -0.05) is 0 Å². The van der Waals surface area contributed by atoms with Gasteiger partial charge >= 0.3 is 0 Å². The average Bonchev–Trinajstić information content (AvgIpc) is 3.34. The third-order valence-corrected chi connectivity index (χ3v) is 18.5. The maximum absolute atomic E-state index is 13.4. The third kappa shape index (κ3) is 8.85. The molecule has 0 aliphatic rings. The normalized spacial score (nSPS) is 11.3. The number of fused-ring (bicyclic) bond motifs is 2. The van der Waals surface area contributed by atoms with Gasteiger partial charge < -0.3 is 22.1 Å². The van der Waals surface area contributed by atoms with E-state index in [2.05, 4.69) is 163 Å². The van der Waals surface area contributed by atoms with Crippen molar-refractivity contribution >= 4 is 55.7 Å². The number of halogens is 1. The van der Waals surface area contributed by atoms with Gasteiger partial charge in [0.25, 0.3) is 0 Å². The van der Waals surface area contributed by atoms with E-state index in [4.69, 9.17) is 11.5 Å². The summed E-state index contributed by atoms with van der Waals surface area (Å²) in [6.45, 7) is 58.7. The molecule has 0 saturated heterocycles. The molecule has 4 nitrogen and oxygen atoms in total. The zero-order valence-electron chi connectivity index (χ0n) is 48.5. The van der Waals surface area contributed by atoms with Crippen molar-refractivity contribution in [1.82, 2.24) is 0 Å². The molecule has 0 aromatic heterocycles. The summed E-state index contributed by atoms with van der Waals surface area (Å²) in [5.41, 5.74) is 53.2. The molecule has 0 aliphatic carbocycles. The standard InChI is InChI=1S/C38H50N2.C16H22N2.C11H15F/c1-17-19(3)27(11)35(28(12)20(17)4)39-37-31(15)23(7)25(9)33-26(10)24(8)32(16)38(34(33)37)40-36-29(13)21(5)18(2)22(6)30(36)14;1-7-9(3)13-10(4)8(2)12(6)16(18)14(13)15(17)11(7)5;1-6-7(2)9(4)11(12)10(5)8(6)3/h39-40H,1-16H3;17-18H2,1-6H3;1-5H3. The van der Waals surface area contributed by atoms with Crippen LogP contribution in [0.4, 0.5) is 38.5 Å². The second-order valence-corrected chi connectivity index (χ2v) is 21.3. The highest BCUT2D eigenvalue weighted by atomic mass is 19.1. The van der Waals surface area contributed by atoms with Crippen LogP contribution in [-0.4, -0.2) is 0 Å². The van der Waals surface area contributed by atoms with Crippen molar-refractivity contribution in [2.75, 3.05) is 22.1 Å². The van der Waals surface area contributed by atoms with E-state index in [1.807, 2.05) is 34.6 Å². The summed E-state index contributed by atoms with van der Waals surface area (Å²) < 4.78 is 13.4. The topological polar surface area (TPSA) is 76.1 Å². The van der Waals surface area contributed by atoms with Crippen LogP contribution >= 0.6 is 0 Å². The number of anilines is 6. The van der Waals surface area contributed by atoms with E-state index < -0.39 is 0 Å². The molecular formula is C65H87FN4. The number of nitrogens with one attached hydrogen (secondary N) is 2. The van der Waals surface area contributed by atoms with Crippen LogP contribution in [0, 0.1) is 193 Å². The lowest BCUT2D eigenvalue weighted by atomic mass is 9.85. The molecule has 0 amide bonds. The van der Waals surface area contributed by atoms with Gasteiger partial charge in [-0.25, -0.2) is 4.39 Å². The Bertz CT molecular complexity index is 2940. The van der Waals surface area contributed by atoms with E-state index in [1.54, 1.807) is 0 Å². The van der Waals surface area contributed by atoms with Crippen LogP contribution in [-0.2, 0) is 0 Å². The summed E-state index contributed by atoms with van der Waals surface area (Å²) in [4.78, 5) is 0. The van der Waals surface area contributed by atoms with Gasteiger partial charge in [0, 0.05) is 33.5 Å². The Labute approximate surface area is 423 Å². The smallest absolute Gasteiger partial charge is 0.129 e. The highest BCUT2D eigenvalue weighted by Crippen LogP contribution is 2.47. The summed E-state index contributed by atoms with van der Waals surface area (Å²) >= 11 is 0. The predicted molar refractivity (Wildman–Crippen MR) is 310 cm³/mol. The Kier molecular flexibility index (Phi) is 15.9. The molecule has 0 atom stereocenters. The Morgan fingerprint density at radius 3 is 0.657 bits per heavy atom. The SMILES string of the molecule is Cc1c(C)c(C)c(F)c(C)c1C.Cc1c(C)c(C)c(Nc2c(C)c(C)c(C)c3c(C)c(C)c(C)c(Nc4c(C)c(C)c(C)c(C)c4C)c23)c(C)c1C.Cc1c(C)c(N)c2c(N)c(C)c(C)c(C)c2c1C. The summed E-state index contributed by atoms with van der Waals surface area (Å²) in [5, 5.41) is 13.0. The van der Waals surface area contributed by atoms with Crippen molar-refractivity contribution in [2.45, 2.75) is 187 Å². The van der Waals surface area contributed by atoms with Crippen LogP contribution < -0.4 is 22.1 Å². The number of nitrogens with two attached hydrogens (primary N) is 2. The first-order valence-corrected chi connectivity index (χ1v) is 25.3. The molecule has 0 fully saturated rings. The first kappa shape index (κ1) is 55.1. The van der Waals surface area contributed by atoms with Crippen molar-refractivity contribution in [3.05, 3.63) is 156 Å². The Hall–Kier alpha value is -5.81. The minimum absolute atomic E-state index is 0.0457. The van der Waals surface area contributed by atoms with E-state index in [0.717, 1.165) is 50.1 Å². The number of benzene rings is 7. The summed E-state index contributed by atoms with van der Waals surface area (Å²) in [5.74, 6) is -0.0457. The molecule has 0 bridgehead atoms. The van der Waals surface area contributed by atoms with E-state index in [9.17, 15) is 4.39 Å². The van der Waals surface area contributed by atoms with Gasteiger partial charge in [0.2, 0.25) is 0 Å². The Morgan fingerprint density at radius 1 is 0.200 bits per heavy atom. The minimum atomic E-state index is -0.0457. The van der Waals surface area contributed by atoms with Gasteiger partial charge in [-0.3, -0.25) is 0 Å². The molecule has 0 saturated carbocycles. The quantitative estimate of drug-likeness (QED) is 0.133. The zero-order valence-corrected chi connectivity index (χ0v) is 48.5. The number of hydrogen-bond donors (Lipinski definition) is 4. The van der Waals surface area contributed by atoms with Crippen LogP contribution in [0.3, 0.4) is 0 Å². The fourth-order valence-corrected chi connectivity index (χ4v) is 10.9. The molecule has 0 aliphatic heterocycles. The van der Waals surface area contributed by atoms with Gasteiger partial charge in [-0.2, -0.15) is 0 Å². The highest BCUT2D eigenvalue weighted by Gasteiger charge is 2.25. The molecule has 7 aromatic carbocycles. The van der Waals surface area contributed by atoms with Gasteiger partial charge in [-0.15, -0.1) is 0 Å². The fraction of sp³-hybridized carbons (Fsp3) is 0.415. The van der Waals surface area contributed by atoms with E-state index >= 15 is 0 Å². The van der Waals surface area contributed by atoms with Crippen molar-refractivity contribution in [1.29, 1.82) is 0 Å². The van der Waals surface area contributed by atoms with Crippen LogP contribution in [0.25, 0.3) is 21.5 Å². The maximum Gasteiger partial charge on any atom is 0.129 e. The van der Waals surface area contributed by atoms with Crippen LogP contribution in [0.2, 0.25) is 0 Å². The third-order valence-electron chi connectivity index (χ3n) is 18.5. The molecule has 0 radical (unpaired) electrons. The summed E-state index contributed by atoms with van der Waals surface area (Å²) in [6.07, 6.45) is 0. The monoisotopic (exact) mass is 943 g/mol. The molecule has 7 aromatic rings. The maximum atomic E-state index is 13.4. The van der Waals surface area contributed by atoms with Crippen LogP contribution in [0.5, 0.6) is 0 Å². The van der Waals surface area contributed by atoms with Gasteiger partial charge in [0.05, 0.1) is 11.4 Å². The molecule has 70 heavy (non-hydrogen) atoms. The number of aryl methyl sites for hydroxylation is 4. The van der Waals surface area contributed by atoms with Gasteiger partial charge in [-0.05, 0) is 348 Å². The van der Waals surface area contributed by atoms with Crippen molar-refractivity contribution in [3.63, 3.8) is 0 Å². The lowest BCUT2D eigenvalue weighted by Crippen LogP contribution is -2.10. The molecule has 0 heterocycles. The highest BCUT2D eigenvalue weighted by molar-refractivity contribution is 6.12. The van der Waals surface area contributed by atoms with Crippen molar-refractivity contribution in [2.24, 2.45) is 0 Å². The van der Waals surface area contributed by atoms with Crippen LogP contribution in [0.1, 0.15) is 150 Å². The van der Waals surface area contributed by atoms with Crippen molar-refractivity contribution in [3.8, 4) is 0 Å². The molecule has 0 unspecified atom stereocenters. The second-order valence-electron chi connectivity index (χ2n) is 21.3. The van der Waals surface area contributed by atoms with Gasteiger partial charge in [0.1, 0.15) is 5.82 Å². The Balaban J connectivity index is 0.000000247. The molecule has 0 spiro atoms. The first-order valence-electron chi connectivity index (χ1n) is 25.3. The van der Waals surface area contributed by atoms with E-state index in [-0.39, 0.29) is 5.82 Å². The lowest BCUT2D eigenvalue weighted by Gasteiger charge is -2.28. The van der Waals surface area contributed by atoms with E-state index in [0.29, 0.717) is 0 Å². The van der Waals surface area contributed by atoms with Crippen molar-refractivity contribution < 1.29 is 4.39 Å². The molecule has 374 valence electrons. The predicted octanol–water partition coefficient (Wildman–Crippen LogP) is 18.5. The van der Waals surface area contributed by atoms with E-state index in [1.165, 1.54) is 156 Å². The number of hydrogen-bond acceptors (Lipinski definition) is 4. The Morgan fingerprint density at radius 2 is 0.386 bits per heavy atom. The van der Waals surface area contributed by atoms with Gasteiger partial charge in [0.15, 0.2) is 0 Å². The summed E-state index contributed by atoms with van der Waals surface area (Å²) in [7, 11) is 0. The minimum Gasteiger partial charge on any atom is -0.398 e. The second kappa shape index (κ2) is 20.1. The number of nitrogen functional groups attached to an aromatic ring is 2. The molecule has 7 rings (SSSR count).